The summed E-state index contributed by atoms with van der Waals surface area (Å²) < 4.78 is 0. The standard InChI is InChI=1S/C15H19NO3S/c17-14(5-1-3-11-4-2-8-20-11)16-10-6-7-13(16)12(9-10)15(18)19/h2,4,8,10,12-13H,1,3,5-7,9H2,(H,18,19). The van der Waals surface area contributed by atoms with Gasteiger partial charge in [-0.15, -0.1) is 11.3 Å². The number of amides is 1. The quantitative estimate of drug-likeness (QED) is 0.907. The third-order valence-electron chi connectivity index (χ3n) is 4.54. The number of rotatable bonds is 5. The van der Waals surface area contributed by atoms with Crippen LogP contribution in [0.15, 0.2) is 17.5 Å². The lowest BCUT2D eigenvalue weighted by Gasteiger charge is -2.23. The summed E-state index contributed by atoms with van der Waals surface area (Å²) in [4.78, 5) is 26.7. The van der Waals surface area contributed by atoms with Gasteiger partial charge in [0.05, 0.1) is 5.92 Å². The Kier molecular flexibility index (Phi) is 3.78. The van der Waals surface area contributed by atoms with Gasteiger partial charge in [0.2, 0.25) is 5.91 Å². The largest absolute Gasteiger partial charge is 0.481 e. The van der Waals surface area contributed by atoms with E-state index in [1.54, 1.807) is 11.3 Å². The molecule has 3 rings (SSSR count). The van der Waals surface area contributed by atoms with E-state index in [-0.39, 0.29) is 23.9 Å². The van der Waals surface area contributed by atoms with Crippen molar-refractivity contribution in [2.75, 3.05) is 0 Å². The van der Waals surface area contributed by atoms with Gasteiger partial charge in [-0.2, -0.15) is 0 Å². The second-order valence-electron chi connectivity index (χ2n) is 5.71. The molecule has 0 aliphatic carbocycles. The molecule has 0 aromatic carbocycles. The SMILES string of the molecule is O=C(O)C1CC2CCC1N2C(=O)CCCc1cccs1. The molecule has 5 heteroatoms. The van der Waals surface area contributed by atoms with E-state index in [4.69, 9.17) is 0 Å². The molecule has 108 valence electrons. The lowest BCUT2D eigenvalue weighted by Crippen LogP contribution is -2.37. The molecule has 4 nitrogen and oxygen atoms in total. The maximum Gasteiger partial charge on any atom is 0.308 e. The summed E-state index contributed by atoms with van der Waals surface area (Å²) >= 11 is 1.72. The Morgan fingerprint density at radius 1 is 1.40 bits per heavy atom. The van der Waals surface area contributed by atoms with Crippen LogP contribution in [0.25, 0.3) is 0 Å². The summed E-state index contributed by atoms with van der Waals surface area (Å²) in [5.74, 6) is -0.929. The number of carbonyl (C=O) groups excluding carboxylic acids is 1. The van der Waals surface area contributed by atoms with E-state index in [1.165, 1.54) is 4.88 Å². The topological polar surface area (TPSA) is 57.6 Å². The van der Waals surface area contributed by atoms with Gasteiger partial charge >= 0.3 is 5.97 Å². The molecule has 1 aromatic heterocycles. The van der Waals surface area contributed by atoms with Crippen molar-refractivity contribution in [3.8, 4) is 0 Å². The Morgan fingerprint density at radius 2 is 2.25 bits per heavy atom. The predicted molar refractivity (Wildman–Crippen MR) is 76.7 cm³/mol. The van der Waals surface area contributed by atoms with Gasteiger partial charge in [0.1, 0.15) is 0 Å². The van der Waals surface area contributed by atoms with Crippen LogP contribution in [-0.2, 0) is 16.0 Å². The molecule has 20 heavy (non-hydrogen) atoms. The van der Waals surface area contributed by atoms with E-state index in [1.807, 2.05) is 11.0 Å². The maximum atomic E-state index is 12.3. The van der Waals surface area contributed by atoms with Gasteiger partial charge in [0, 0.05) is 23.4 Å². The van der Waals surface area contributed by atoms with Gasteiger partial charge in [-0.25, -0.2) is 0 Å². The molecule has 2 aliphatic heterocycles. The molecule has 3 atom stereocenters. The number of fused-ring (bicyclic) bond motifs is 2. The van der Waals surface area contributed by atoms with E-state index in [9.17, 15) is 14.7 Å². The second kappa shape index (κ2) is 5.56. The lowest BCUT2D eigenvalue weighted by molar-refractivity contribution is -0.143. The van der Waals surface area contributed by atoms with Crippen molar-refractivity contribution in [3.63, 3.8) is 0 Å². The molecule has 1 amide bonds. The van der Waals surface area contributed by atoms with E-state index < -0.39 is 5.97 Å². The minimum Gasteiger partial charge on any atom is -0.481 e. The number of hydrogen-bond donors (Lipinski definition) is 1. The van der Waals surface area contributed by atoms with Crippen molar-refractivity contribution >= 4 is 23.2 Å². The van der Waals surface area contributed by atoms with Crippen LogP contribution in [0.4, 0.5) is 0 Å². The van der Waals surface area contributed by atoms with Crippen LogP contribution < -0.4 is 0 Å². The molecule has 3 heterocycles. The zero-order chi connectivity index (χ0) is 14.1. The van der Waals surface area contributed by atoms with Crippen LogP contribution in [0.5, 0.6) is 0 Å². The number of aryl methyl sites for hydroxylation is 1. The van der Waals surface area contributed by atoms with Gasteiger partial charge in [0.15, 0.2) is 0 Å². The van der Waals surface area contributed by atoms with Crippen molar-refractivity contribution in [3.05, 3.63) is 22.4 Å². The zero-order valence-electron chi connectivity index (χ0n) is 11.3. The maximum absolute atomic E-state index is 12.3. The molecule has 2 fully saturated rings. The first-order chi connectivity index (χ1) is 9.66. The Hall–Kier alpha value is -1.36. The highest BCUT2D eigenvalue weighted by molar-refractivity contribution is 7.09. The highest BCUT2D eigenvalue weighted by Crippen LogP contribution is 2.42. The number of carboxylic acid groups (broad SMARTS) is 1. The molecule has 1 aromatic rings. The first kappa shape index (κ1) is 13.6. The van der Waals surface area contributed by atoms with E-state index in [0.717, 1.165) is 25.7 Å². The average molecular weight is 293 g/mol. The molecule has 2 aliphatic rings. The minimum atomic E-state index is -0.742. The van der Waals surface area contributed by atoms with Crippen molar-refractivity contribution in [2.45, 2.75) is 50.6 Å². The molecule has 0 spiro atoms. The van der Waals surface area contributed by atoms with Gasteiger partial charge in [-0.05, 0) is 43.6 Å². The number of nitrogens with zero attached hydrogens (tertiary/aromatic N) is 1. The fraction of sp³-hybridized carbons (Fsp3) is 0.600. The summed E-state index contributed by atoms with van der Waals surface area (Å²) in [6, 6.07) is 4.25. The summed E-state index contributed by atoms with van der Waals surface area (Å²) in [5.41, 5.74) is 0. The van der Waals surface area contributed by atoms with Crippen LogP contribution in [0.3, 0.4) is 0 Å². The fourth-order valence-corrected chi connectivity index (χ4v) is 4.39. The molecular weight excluding hydrogens is 274 g/mol. The fourth-order valence-electron chi connectivity index (χ4n) is 3.64. The van der Waals surface area contributed by atoms with Gasteiger partial charge in [-0.1, -0.05) is 6.07 Å². The second-order valence-corrected chi connectivity index (χ2v) is 6.75. The van der Waals surface area contributed by atoms with Crippen LogP contribution in [-0.4, -0.2) is 34.0 Å². The molecule has 2 saturated heterocycles. The lowest BCUT2D eigenvalue weighted by atomic mass is 9.89. The van der Waals surface area contributed by atoms with Crippen LogP contribution in [0.1, 0.15) is 37.0 Å². The molecule has 0 radical (unpaired) electrons. The number of aliphatic carboxylic acids is 1. The average Bonchev–Trinajstić information content (AvgIpc) is 3.13. The molecule has 3 unspecified atom stereocenters. The van der Waals surface area contributed by atoms with Crippen molar-refractivity contribution in [1.82, 2.24) is 4.90 Å². The Labute approximate surface area is 122 Å². The summed E-state index contributed by atoms with van der Waals surface area (Å²) in [7, 11) is 0. The zero-order valence-corrected chi connectivity index (χ0v) is 12.1. The molecule has 1 N–H and O–H groups in total. The smallest absolute Gasteiger partial charge is 0.308 e. The van der Waals surface area contributed by atoms with Crippen LogP contribution in [0, 0.1) is 5.92 Å². The monoisotopic (exact) mass is 293 g/mol. The number of carbonyl (C=O) groups is 2. The summed E-state index contributed by atoms with van der Waals surface area (Å²) in [6.07, 6.45) is 4.82. The molecular formula is C15H19NO3S. The normalized spacial score (nSPS) is 28.0. The Bertz CT molecular complexity index is 499. The highest BCUT2D eigenvalue weighted by atomic mass is 32.1. The first-order valence-electron chi connectivity index (χ1n) is 7.23. The van der Waals surface area contributed by atoms with E-state index in [0.29, 0.717) is 12.8 Å². The van der Waals surface area contributed by atoms with E-state index >= 15 is 0 Å². The predicted octanol–water partition coefficient (Wildman–Crippen LogP) is 2.53. The third kappa shape index (κ3) is 2.46. The Balaban J connectivity index is 1.54. The first-order valence-corrected chi connectivity index (χ1v) is 8.11. The Morgan fingerprint density at radius 3 is 2.90 bits per heavy atom. The van der Waals surface area contributed by atoms with Crippen molar-refractivity contribution in [2.24, 2.45) is 5.92 Å². The number of hydrogen-bond acceptors (Lipinski definition) is 3. The molecule has 2 bridgehead atoms. The third-order valence-corrected chi connectivity index (χ3v) is 5.47. The van der Waals surface area contributed by atoms with Crippen LogP contribution >= 0.6 is 11.3 Å². The van der Waals surface area contributed by atoms with Crippen molar-refractivity contribution in [1.29, 1.82) is 0 Å². The van der Waals surface area contributed by atoms with Crippen molar-refractivity contribution < 1.29 is 14.7 Å². The highest BCUT2D eigenvalue weighted by Gasteiger charge is 2.50. The van der Waals surface area contributed by atoms with E-state index in [2.05, 4.69) is 11.4 Å². The summed E-state index contributed by atoms with van der Waals surface area (Å²) in [5, 5.41) is 11.3. The number of thiophene rings is 1. The van der Waals surface area contributed by atoms with Gasteiger partial charge in [0.25, 0.3) is 0 Å². The summed E-state index contributed by atoms with van der Waals surface area (Å²) in [6.45, 7) is 0. The minimum absolute atomic E-state index is 0.0493. The van der Waals surface area contributed by atoms with Gasteiger partial charge in [-0.3, -0.25) is 9.59 Å². The van der Waals surface area contributed by atoms with Crippen LogP contribution in [0.2, 0.25) is 0 Å². The number of carboxylic acids is 1. The molecule has 0 saturated carbocycles. The van der Waals surface area contributed by atoms with Gasteiger partial charge < -0.3 is 10.0 Å².